The lowest BCUT2D eigenvalue weighted by Gasteiger charge is -2.28. The Kier molecular flexibility index (Phi) is 4.89. The molecule has 0 heterocycles. The second kappa shape index (κ2) is 6.90. The van der Waals surface area contributed by atoms with Crippen LogP contribution in [-0.2, 0) is 4.79 Å². The summed E-state index contributed by atoms with van der Waals surface area (Å²) in [7, 11) is 0. The molecular weight excluding hydrogens is 282 g/mol. The van der Waals surface area contributed by atoms with Crippen molar-refractivity contribution >= 4 is 12.0 Å². The third-order valence-corrected chi connectivity index (χ3v) is 5.84. The standard InChI is InChI=1S/C21H29NO/c1-14(2)18-8-4-16(5-9-18)7-11-21(23)22-15(3)20-13-17-6-10-19(20)12-17/h4-5,7-9,11,14-15,17,19-20H,6,10,12-13H2,1-3H3,(H,22,23)/b11-7+/t15-,17-,19-,20+/m0/s1. The van der Waals surface area contributed by atoms with Crippen LogP contribution in [-0.4, -0.2) is 11.9 Å². The number of nitrogens with one attached hydrogen (secondary N) is 1. The molecule has 1 aromatic rings. The van der Waals surface area contributed by atoms with E-state index in [0.717, 1.165) is 17.4 Å². The minimum Gasteiger partial charge on any atom is -0.350 e. The highest BCUT2D eigenvalue weighted by Gasteiger charge is 2.41. The number of hydrogen-bond donors (Lipinski definition) is 1. The average Bonchev–Trinajstić information content (AvgIpc) is 3.16. The molecule has 2 nitrogen and oxygen atoms in total. The van der Waals surface area contributed by atoms with Crippen LogP contribution in [0.15, 0.2) is 30.3 Å². The molecule has 2 aliphatic carbocycles. The fourth-order valence-corrected chi connectivity index (χ4v) is 4.45. The Morgan fingerprint density at radius 1 is 1.13 bits per heavy atom. The van der Waals surface area contributed by atoms with E-state index in [4.69, 9.17) is 0 Å². The van der Waals surface area contributed by atoms with Crippen LogP contribution in [0.1, 0.15) is 63.5 Å². The topological polar surface area (TPSA) is 29.1 Å². The number of carbonyl (C=O) groups excluding carboxylic acids is 1. The molecule has 2 aliphatic rings. The summed E-state index contributed by atoms with van der Waals surface area (Å²) in [5.74, 6) is 3.05. The predicted octanol–water partition coefficient (Wildman–Crippen LogP) is 4.76. The first kappa shape index (κ1) is 16.3. The highest BCUT2D eigenvalue weighted by Crippen LogP contribution is 2.49. The summed E-state index contributed by atoms with van der Waals surface area (Å²) in [5.41, 5.74) is 2.41. The van der Waals surface area contributed by atoms with E-state index in [9.17, 15) is 4.79 Å². The van der Waals surface area contributed by atoms with E-state index in [1.165, 1.54) is 31.2 Å². The maximum Gasteiger partial charge on any atom is 0.244 e. The first-order valence-electron chi connectivity index (χ1n) is 9.11. The lowest BCUT2D eigenvalue weighted by Crippen LogP contribution is -2.39. The molecule has 0 radical (unpaired) electrons. The van der Waals surface area contributed by atoms with Gasteiger partial charge >= 0.3 is 0 Å². The van der Waals surface area contributed by atoms with Crippen LogP contribution >= 0.6 is 0 Å². The molecule has 2 bridgehead atoms. The molecule has 0 aromatic heterocycles. The molecule has 2 fully saturated rings. The Balaban J connectivity index is 1.52. The first-order chi connectivity index (χ1) is 11.0. The minimum absolute atomic E-state index is 0.0354. The summed E-state index contributed by atoms with van der Waals surface area (Å²) in [5, 5.41) is 3.18. The summed E-state index contributed by atoms with van der Waals surface area (Å²) in [6.07, 6.45) is 9.07. The van der Waals surface area contributed by atoms with Crippen molar-refractivity contribution in [1.82, 2.24) is 5.32 Å². The largest absolute Gasteiger partial charge is 0.350 e. The second-order valence-electron chi connectivity index (χ2n) is 7.79. The van der Waals surface area contributed by atoms with Gasteiger partial charge in [0.05, 0.1) is 0 Å². The van der Waals surface area contributed by atoms with E-state index in [-0.39, 0.29) is 5.91 Å². The van der Waals surface area contributed by atoms with Crippen molar-refractivity contribution in [3.63, 3.8) is 0 Å². The average molecular weight is 311 g/mol. The fourth-order valence-electron chi connectivity index (χ4n) is 4.45. The Bertz CT molecular complexity index is 572. The fraction of sp³-hybridized carbons (Fsp3) is 0.571. The molecule has 23 heavy (non-hydrogen) atoms. The SMILES string of the molecule is CC(C)c1ccc(/C=C/C(=O)N[C@@H](C)[C@H]2C[C@H]3CC[C@H]2C3)cc1. The van der Waals surface area contributed by atoms with Gasteiger partial charge in [-0.25, -0.2) is 0 Å². The number of amides is 1. The minimum atomic E-state index is 0.0354. The van der Waals surface area contributed by atoms with E-state index in [1.807, 2.05) is 6.08 Å². The Labute approximate surface area is 140 Å². The number of fused-ring (bicyclic) bond motifs is 2. The summed E-state index contributed by atoms with van der Waals surface area (Å²) in [6.45, 7) is 6.55. The molecule has 1 N–H and O–H groups in total. The van der Waals surface area contributed by atoms with Crippen LogP contribution in [0, 0.1) is 17.8 Å². The molecule has 124 valence electrons. The Morgan fingerprint density at radius 2 is 1.87 bits per heavy atom. The van der Waals surface area contributed by atoms with E-state index in [0.29, 0.717) is 17.9 Å². The predicted molar refractivity (Wildman–Crippen MR) is 96.1 cm³/mol. The van der Waals surface area contributed by atoms with Crippen molar-refractivity contribution in [3.05, 3.63) is 41.5 Å². The number of rotatable bonds is 5. The van der Waals surface area contributed by atoms with E-state index in [2.05, 4.69) is 50.4 Å². The van der Waals surface area contributed by atoms with Crippen LogP contribution < -0.4 is 5.32 Å². The lowest BCUT2D eigenvalue weighted by molar-refractivity contribution is -0.117. The molecular formula is C21H29NO. The second-order valence-corrected chi connectivity index (χ2v) is 7.79. The highest BCUT2D eigenvalue weighted by atomic mass is 16.1. The van der Waals surface area contributed by atoms with E-state index < -0.39 is 0 Å². The highest BCUT2D eigenvalue weighted by molar-refractivity contribution is 5.91. The molecule has 2 heteroatoms. The monoisotopic (exact) mass is 311 g/mol. The summed E-state index contributed by atoms with van der Waals surface area (Å²) in [6, 6.07) is 8.74. The van der Waals surface area contributed by atoms with Gasteiger partial charge in [0.1, 0.15) is 0 Å². The lowest BCUT2D eigenvalue weighted by atomic mass is 9.84. The molecule has 0 saturated heterocycles. The first-order valence-corrected chi connectivity index (χ1v) is 9.11. The van der Waals surface area contributed by atoms with Crippen LogP contribution in [0.5, 0.6) is 0 Å². The van der Waals surface area contributed by atoms with Crippen molar-refractivity contribution in [2.75, 3.05) is 0 Å². The zero-order valence-corrected chi connectivity index (χ0v) is 14.6. The third-order valence-electron chi connectivity index (χ3n) is 5.84. The van der Waals surface area contributed by atoms with Crippen molar-refractivity contribution in [2.45, 2.75) is 58.4 Å². The van der Waals surface area contributed by atoms with Crippen molar-refractivity contribution in [2.24, 2.45) is 17.8 Å². The van der Waals surface area contributed by atoms with Crippen molar-refractivity contribution in [1.29, 1.82) is 0 Å². The Hall–Kier alpha value is -1.57. The maximum absolute atomic E-state index is 12.2. The molecule has 0 unspecified atom stereocenters. The maximum atomic E-state index is 12.2. The smallest absolute Gasteiger partial charge is 0.244 e. The summed E-state index contributed by atoms with van der Waals surface area (Å²) >= 11 is 0. The van der Waals surface area contributed by atoms with E-state index in [1.54, 1.807) is 6.08 Å². The molecule has 4 atom stereocenters. The Morgan fingerprint density at radius 3 is 2.43 bits per heavy atom. The zero-order valence-electron chi connectivity index (χ0n) is 14.6. The van der Waals surface area contributed by atoms with Gasteiger partial charge in [0, 0.05) is 12.1 Å². The summed E-state index contributed by atoms with van der Waals surface area (Å²) in [4.78, 5) is 12.2. The molecule has 1 aromatic carbocycles. The van der Waals surface area contributed by atoms with Gasteiger partial charge in [-0.1, -0.05) is 44.5 Å². The van der Waals surface area contributed by atoms with Crippen LogP contribution in [0.4, 0.5) is 0 Å². The number of benzene rings is 1. The van der Waals surface area contributed by atoms with Crippen molar-refractivity contribution in [3.8, 4) is 0 Å². The van der Waals surface area contributed by atoms with Gasteiger partial charge in [0.2, 0.25) is 5.91 Å². The third kappa shape index (κ3) is 3.85. The van der Waals surface area contributed by atoms with Crippen molar-refractivity contribution < 1.29 is 4.79 Å². The molecule has 1 amide bonds. The van der Waals surface area contributed by atoms with Gasteiger partial charge in [-0.15, -0.1) is 0 Å². The van der Waals surface area contributed by atoms with Gasteiger partial charge in [-0.3, -0.25) is 4.79 Å². The number of hydrogen-bond acceptors (Lipinski definition) is 1. The summed E-state index contributed by atoms with van der Waals surface area (Å²) < 4.78 is 0. The molecule has 2 saturated carbocycles. The van der Waals surface area contributed by atoms with Crippen LogP contribution in [0.3, 0.4) is 0 Å². The van der Waals surface area contributed by atoms with Crippen LogP contribution in [0.2, 0.25) is 0 Å². The number of carbonyl (C=O) groups is 1. The zero-order chi connectivity index (χ0) is 16.4. The quantitative estimate of drug-likeness (QED) is 0.780. The van der Waals surface area contributed by atoms with Gasteiger partial charge < -0.3 is 5.32 Å². The molecule has 3 rings (SSSR count). The van der Waals surface area contributed by atoms with Crippen LogP contribution in [0.25, 0.3) is 6.08 Å². The van der Waals surface area contributed by atoms with Gasteiger partial charge in [-0.2, -0.15) is 0 Å². The van der Waals surface area contributed by atoms with Gasteiger partial charge in [-0.05, 0) is 67.1 Å². The molecule has 0 aliphatic heterocycles. The van der Waals surface area contributed by atoms with E-state index >= 15 is 0 Å². The normalized spacial score (nSPS) is 27.7. The van der Waals surface area contributed by atoms with Gasteiger partial charge in [0.25, 0.3) is 0 Å². The molecule has 0 spiro atoms. The van der Waals surface area contributed by atoms with Gasteiger partial charge in [0.15, 0.2) is 0 Å².